The summed E-state index contributed by atoms with van der Waals surface area (Å²) < 4.78 is 0. The average Bonchev–Trinajstić information content (AvgIpc) is 2.85. The number of benzene rings is 1. The molecule has 0 heterocycles. The lowest BCUT2D eigenvalue weighted by Gasteiger charge is -2.19. The molecule has 0 radical (unpaired) electrons. The smallest absolute Gasteiger partial charge is 0.162 e. The Morgan fingerprint density at radius 1 is 1.25 bits per heavy atom. The number of Topliss-reactive ketones (excluding diaryl/α,β-unsaturated/α-hetero) is 1. The van der Waals surface area contributed by atoms with Gasteiger partial charge in [0, 0.05) is 17.9 Å². The van der Waals surface area contributed by atoms with Gasteiger partial charge in [-0.1, -0.05) is 62.3 Å². The number of rotatable bonds is 5. The monoisotopic (exact) mass is 266 g/mol. The zero-order chi connectivity index (χ0) is 13.9. The molecule has 3 rings (SSSR count). The molecule has 0 saturated heterocycles. The third kappa shape index (κ3) is 2.49. The highest BCUT2D eigenvalue weighted by Gasteiger charge is 2.31. The topological polar surface area (TPSA) is 17.1 Å². The van der Waals surface area contributed by atoms with E-state index < -0.39 is 0 Å². The Bertz CT molecular complexity index is 565. The van der Waals surface area contributed by atoms with Crippen molar-refractivity contribution in [2.45, 2.75) is 44.9 Å². The maximum Gasteiger partial charge on any atom is 0.162 e. The van der Waals surface area contributed by atoms with Crippen LogP contribution >= 0.6 is 0 Å². The molecule has 2 aliphatic carbocycles. The first-order valence-corrected chi connectivity index (χ1v) is 7.80. The van der Waals surface area contributed by atoms with Crippen LogP contribution in [0.4, 0.5) is 0 Å². The molecule has 0 bridgehead atoms. The second-order valence-corrected chi connectivity index (χ2v) is 5.95. The van der Waals surface area contributed by atoms with E-state index in [4.69, 9.17) is 0 Å². The van der Waals surface area contributed by atoms with Crippen LogP contribution < -0.4 is 0 Å². The van der Waals surface area contributed by atoms with Gasteiger partial charge in [0.05, 0.1) is 0 Å². The van der Waals surface area contributed by atoms with E-state index in [1.165, 1.54) is 17.5 Å². The zero-order valence-electron chi connectivity index (χ0n) is 12.1. The normalized spacial score (nSPS) is 23.1. The lowest BCUT2D eigenvalue weighted by Crippen LogP contribution is -2.11. The fourth-order valence-electron chi connectivity index (χ4n) is 3.43. The van der Waals surface area contributed by atoms with Crippen LogP contribution in [0.2, 0.25) is 0 Å². The number of carbonyl (C=O) groups is 1. The summed E-state index contributed by atoms with van der Waals surface area (Å²) in [5, 5.41) is 0. The minimum atomic E-state index is 0.323. The van der Waals surface area contributed by atoms with Gasteiger partial charge in [0.2, 0.25) is 0 Å². The van der Waals surface area contributed by atoms with Gasteiger partial charge < -0.3 is 0 Å². The van der Waals surface area contributed by atoms with Crippen molar-refractivity contribution in [1.82, 2.24) is 0 Å². The van der Waals surface area contributed by atoms with Crippen LogP contribution in [0.3, 0.4) is 0 Å². The highest BCUT2D eigenvalue weighted by Crippen LogP contribution is 2.42. The first-order chi connectivity index (χ1) is 9.79. The molecule has 0 aliphatic heterocycles. The molecule has 1 aromatic carbocycles. The number of fused-ring (bicyclic) bond motifs is 3. The lowest BCUT2D eigenvalue weighted by atomic mass is 9.84. The first kappa shape index (κ1) is 13.4. The minimum Gasteiger partial charge on any atom is -0.294 e. The molecular weight excluding hydrogens is 244 g/mol. The van der Waals surface area contributed by atoms with Crippen LogP contribution in [0.5, 0.6) is 0 Å². The summed E-state index contributed by atoms with van der Waals surface area (Å²) in [6.07, 6.45) is 11.6. The van der Waals surface area contributed by atoms with E-state index in [9.17, 15) is 4.79 Å². The average molecular weight is 266 g/mol. The number of hydrogen-bond acceptors (Lipinski definition) is 1. The molecule has 0 aromatic heterocycles. The van der Waals surface area contributed by atoms with Gasteiger partial charge in [-0.15, -0.1) is 0 Å². The van der Waals surface area contributed by atoms with Gasteiger partial charge in [0.15, 0.2) is 5.78 Å². The fourth-order valence-corrected chi connectivity index (χ4v) is 3.43. The molecule has 0 fully saturated rings. The lowest BCUT2D eigenvalue weighted by molar-refractivity contribution is -0.115. The molecule has 0 saturated carbocycles. The highest BCUT2D eigenvalue weighted by atomic mass is 16.1. The van der Waals surface area contributed by atoms with Crippen molar-refractivity contribution in [1.29, 1.82) is 0 Å². The molecule has 1 heteroatoms. The predicted octanol–water partition coefficient (Wildman–Crippen LogP) is 4.59. The van der Waals surface area contributed by atoms with Crippen LogP contribution in [0, 0.1) is 5.92 Å². The Labute approximate surface area is 121 Å². The van der Waals surface area contributed by atoms with E-state index in [0.29, 0.717) is 24.0 Å². The van der Waals surface area contributed by atoms with Crippen LogP contribution in [0.1, 0.15) is 49.7 Å². The molecule has 20 heavy (non-hydrogen) atoms. The predicted molar refractivity (Wildman–Crippen MR) is 82.7 cm³/mol. The highest BCUT2D eigenvalue weighted by molar-refractivity contribution is 5.98. The van der Waals surface area contributed by atoms with Crippen molar-refractivity contribution in [3.05, 3.63) is 59.2 Å². The summed E-state index contributed by atoms with van der Waals surface area (Å²) in [6, 6.07) is 8.68. The van der Waals surface area contributed by atoms with Gasteiger partial charge in [0.1, 0.15) is 0 Å². The molecular formula is C19H22O. The van der Waals surface area contributed by atoms with Crippen LogP contribution in [0.15, 0.2) is 48.1 Å². The van der Waals surface area contributed by atoms with Gasteiger partial charge in [-0.3, -0.25) is 4.79 Å². The molecule has 2 atom stereocenters. The van der Waals surface area contributed by atoms with Gasteiger partial charge >= 0.3 is 0 Å². The van der Waals surface area contributed by atoms with Crippen LogP contribution in [0.25, 0.3) is 0 Å². The quantitative estimate of drug-likeness (QED) is 0.712. The first-order valence-electron chi connectivity index (χ1n) is 7.80. The number of carbonyl (C=O) groups excluding carboxylic acids is 1. The Balaban J connectivity index is 1.71. The largest absolute Gasteiger partial charge is 0.294 e. The second-order valence-electron chi connectivity index (χ2n) is 5.95. The van der Waals surface area contributed by atoms with E-state index >= 15 is 0 Å². The Hall–Kier alpha value is -1.63. The number of ketones is 1. The zero-order valence-corrected chi connectivity index (χ0v) is 12.1. The Morgan fingerprint density at radius 2 is 2.10 bits per heavy atom. The van der Waals surface area contributed by atoms with Gasteiger partial charge in [-0.25, -0.2) is 0 Å². The van der Waals surface area contributed by atoms with E-state index in [0.717, 1.165) is 24.8 Å². The summed E-state index contributed by atoms with van der Waals surface area (Å²) in [6.45, 7) is 2.17. The number of unbranched alkanes of at least 4 members (excludes halogenated alkanes) is 2. The van der Waals surface area contributed by atoms with Crippen molar-refractivity contribution < 1.29 is 4.79 Å². The number of allylic oxidation sites excluding steroid dienone is 4. The molecule has 1 nitrogen and oxygen atoms in total. The summed E-state index contributed by atoms with van der Waals surface area (Å²) >= 11 is 0. The van der Waals surface area contributed by atoms with Gasteiger partial charge in [-0.05, 0) is 29.9 Å². The van der Waals surface area contributed by atoms with Gasteiger partial charge in [0.25, 0.3) is 0 Å². The molecule has 1 aromatic rings. The maximum absolute atomic E-state index is 12.2. The fraction of sp³-hybridized carbons (Fsp3) is 0.421. The number of hydrogen-bond donors (Lipinski definition) is 0. The van der Waals surface area contributed by atoms with Crippen molar-refractivity contribution in [3.63, 3.8) is 0 Å². The third-order valence-electron chi connectivity index (χ3n) is 4.54. The molecule has 0 amide bonds. The summed E-state index contributed by atoms with van der Waals surface area (Å²) in [7, 11) is 0. The Morgan fingerprint density at radius 3 is 2.95 bits per heavy atom. The standard InChI is InChI=1S/C19H22O/c1-2-3-4-9-19(20)15-10-11-18-16(13-15)12-14-7-5-6-8-17(14)18/h5-8,10-11,13,16,18H,2-4,9,12H2,1H3/t16-,18-/m1/s1. The molecule has 104 valence electrons. The van der Waals surface area contributed by atoms with Gasteiger partial charge in [-0.2, -0.15) is 0 Å². The van der Waals surface area contributed by atoms with Crippen molar-refractivity contribution in [3.8, 4) is 0 Å². The maximum atomic E-state index is 12.2. The summed E-state index contributed by atoms with van der Waals surface area (Å²) in [5.41, 5.74) is 3.83. The molecule has 0 N–H and O–H groups in total. The van der Waals surface area contributed by atoms with Crippen molar-refractivity contribution in [2.75, 3.05) is 0 Å². The Kier molecular flexibility index (Phi) is 3.86. The molecule has 2 aliphatic rings. The SMILES string of the molecule is CCCCCC(=O)C1=C[C@H]2Cc3ccccc3[C@@H]2C=C1. The van der Waals surface area contributed by atoms with Crippen molar-refractivity contribution in [2.24, 2.45) is 5.92 Å². The van der Waals surface area contributed by atoms with E-state index in [1.54, 1.807) is 0 Å². The summed E-state index contributed by atoms with van der Waals surface area (Å²) in [5.74, 6) is 1.30. The molecule has 0 unspecified atom stereocenters. The van der Waals surface area contributed by atoms with E-state index in [1.807, 2.05) is 0 Å². The minimum absolute atomic E-state index is 0.323. The summed E-state index contributed by atoms with van der Waals surface area (Å²) in [4.78, 5) is 12.2. The molecule has 0 spiro atoms. The van der Waals surface area contributed by atoms with Crippen LogP contribution in [-0.4, -0.2) is 5.78 Å². The van der Waals surface area contributed by atoms with E-state index in [-0.39, 0.29) is 0 Å². The third-order valence-corrected chi connectivity index (χ3v) is 4.54. The van der Waals surface area contributed by atoms with Crippen molar-refractivity contribution >= 4 is 5.78 Å². The van der Waals surface area contributed by atoms with E-state index in [2.05, 4.69) is 49.4 Å². The van der Waals surface area contributed by atoms with Crippen LogP contribution in [-0.2, 0) is 11.2 Å². The second kappa shape index (κ2) is 5.78.